The van der Waals surface area contributed by atoms with Gasteiger partial charge in [-0.3, -0.25) is 9.59 Å². The Morgan fingerprint density at radius 1 is 1.17 bits per heavy atom. The average Bonchev–Trinajstić information content (AvgIpc) is 3.19. The third kappa shape index (κ3) is 3.24. The zero-order valence-electron chi connectivity index (χ0n) is 11.1. The van der Waals surface area contributed by atoms with E-state index in [4.69, 9.17) is 5.11 Å². The zero-order valence-corrected chi connectivity index (χ0v) is 11.1. The second kappa shape index (κ2) is 5.72. The third-order valence-corrected chi connectivity index (χ3v) is 4.19. The van der Waals surface area contributed by atoms with E-state index < -0.39 is 11.9 Å². The lowest BCUT2D eigenvalue weighted by Crippen LogP contribution is -2.42. The summed E-state index contributed by atoms with van der Waals surface area (Å²) < 4.78 is 0. The standard InChI is InChI=1S/C14H23NO3/c1-10(14(17)18)13(16)15(12-7-8-12)9-11-5-3-2-4-6-11/h10-12H,2-9H2,1H3,(H,17,18). The van der Waals surface area contributed by atoms with Gasteiger partial charge in [-0.05, 0) is 38.5 Å². The van der Waals surface area contributed by atoms with E-state index in [1.807, 2.05) is 4.90 Å². The maximum Gasteiger partial charge on any atom is 0.315 e. The van der Waals surface area contributed by atoms with Crippen molar-refractivity contribution < 1.29 is 14.7 Å². The SMILES string of the molecule is CC(C(=O)O)C(=O)N(CC1CCCCC1)C1CC1. The second-order valence-corrected chi connectivity index (χ2v) is 5.79. The molecule has 2 rings (SSSR count). The Kier molecular flexibility index (Phi) is 4.25. The second-order valence-electron chi connectivity index (χ2n) is 5.79. The van der Waals surface area contributed by atoms with E-state index in [1.54, 1.807) is 0 Å². The Hall–Kier alpha value is -1.06. The van der Waals surface area contributed by atoms with Crippen LogP contribution in [0.1, 0.15) is 51.9 Å². The van der Waals surface area contributed by atoms with Crippen molar-refractivity contribution in [3.05, 3.63) is 0 Å². The predicted octanol–water partition coefficient (Wildman–Crippen LogP) is 2.28. The maximum atomic E-state index is 12.2. The number of aliphatic carboxylic acids is 1. The van der Waals surface area contributed by atoms with Crippen LogP contribution in [0, 0.1) is 11.8 Å². The summed E-state index contributed by atoms with van der Waals surface area (Å²) in [6, 6.07) is 0.321. The highest BCUT2D eigenvalue weighted by Crippen LogP contribution is 2.32. The van der Waals surface area contributed by atoms with Crippen molar-refractivity contribution >= 4 is 11.9 Å². The van der Waals surface area contributed by atoms with Crippen LogP contribution in [-0.2, 0) is 9.59 Å². The van der Waals surface area contributed by atoms with Gasteiger partial charge in [-0.15, -0.1) is 0 Å². The Morgan fingerprint density at radius 2 is 1.78 bits per heavy atom. The van der Waals surface area contributed by atoms with Gasteiger partial charge in [0.1, 0.15) is 5.92 Å². The molecule has 1 amide bonds. The first kappa shape index (κ1) is 13.4. The molecule has 4 heteroatoms. The van der Waals surface area contributed by atoms with Crippen molar-refractivity contribution in [1.29, 1.82) is 0 Å². The number of carbonyl (C=O) groups excluding carboxylic acids is 1. The lowest BCUT2D eigenvalue weighted by atomic mass is 9.88. The fourth-order valence-corrected chi connectivity index (χ4v) is 2.81. The van der Waals surface area contributed by atoms with Gasteiger partial charge in [0.25, 0.3) is 0 Å². The van der Waals surface area contributed by atoms with Gasteiger partial charge in [0, 0.05) is 12.6 Å². The van der Waals surface area contributed by atoms with E-state index in [0.717, 1.165) is 19.4 Å². The maximum absolute atomic E-state index is 12.2. The zero-order chi connectivity index (χ0) is 13.1. The molecule has 1 unspecified atom stereocenters. The first-order valence-corrected chi connectivity index (χ1v) is 7.13. The van der Waals surface area contributed by atoms with Gasteiger partial charge in [-0.2, -0.15) is 0 Å². The quantitative estimate of drug-likeness (QED) is 0.765. The van der Waals surface area contributed by atoms with E-state index in [9.17, 15) is 9.59 Å². The highest BCUT2D eigenvalue weighted by molar-refractivity contribution is 5.96. The summed E-state index contributed by atoms with van der Waals surface area (Å²) in [7, 11) is 0. The molecule has 2 aliphatic carbocycles. The number of carboxylic acids is 1. The van der Waals surface area contributed by atoms with E-state index in [1.165, 1.54) is 39.0 Å². The van der Waals surface area contributed by atoms with Crippen LogP contribution in [0.25, 0.3) is 0 Å². The topological polar surface area (TPSA) is 57.6 Å². The lowest BCUT2D eigenvalue weighted by Gasteiger charge is -2.31. The number of rotatable bonds is 5. The van der Waals surface area contributed by atoms with Gasteiger partial charge >= 0.3 is 5.97 Å². The van der Waals surface area contributed by atoms with Crippen molar-refractivity contribution in [2.75, 3.05) is 6.54 Å². The van der Waals surface area contributed by atoms with Crippen LogP contribution in [0.2, 0.25) is 0 Å². The molecule has 0 radical (unpaired) electrons. The minimum atomic E-state index is -1.01. The summed E-state index contributed by atoms with van der Waals surface area (Å²) in [4.78, 5) is 25.0. The van der Waals surface area contributed by atoms with Gasteiger partial charge in [0.2, 0.25) is 5.91 Å². The molecule has 0 aromatic rings. The highest BCUT2D eigenvalue weighted by Gasteiger charge is 2.37. The number of amides is 1. The molecule has 1 atom stereocenters. The normalized spacial score (nSPS) is 22.5. The van der Waals surface area contributed by atoms with Crippen LogP contribution in [-0.4, -0.2) is 34.5 Å². The fraction of sp³-hybridized carbons (Fsp3) is 0.857. The number of hydrogen-bond acceptors (Lipinski definition) is 2. The molecule has 1 N–H and O–H groups in total. The highest BCUT2D eigenvalue weighted by atomic mass is 16.4. The van der Waals surface area contributed by atoms with Gasteiger partial charge in [0.15, 0.2) is 0 Å². The van der Waals surface area contributed by atoms with Crippen LogP contribution in [0.4, 0.5) is 0 Å². The Balaban J connectivity index is 1.94. The molecule has 4 nitrogen and oxygen atoms in total. The number of hydrogen-bond donors (Lipinski definition) is 1. The minimum absolute atomic E-state index is 0.185. The molecular weight excluding hydrogens is 230 g/mol. The largest absolute Gasteiger partial charge is 0.481 e. The summed E-state index contributed by atoms with van der Waals surface area (Å²) in [6.45, 7) is 2.28. The molecule has 0 aliphatic heterocycles. The van der Waals surface area contributed by atoms with E-state index >= 15 is 0 Å². The number of carbonyl (C=O) groups is 2. The van der Waals surface area contributed by atoms with Crippen molar-refractivity contribution in [1.82, 2.24) is 4.90 Å². The molecule has 2 aliphatic rings. The van der Waals surface area contributed by atoms with Gasteiger partial charge in [0.05, 0.1) is 0 Å². The third-order valence-electron chi connectivity index (χ3n) is 4.19. The number of carboxylic acid groups (broad SMARTS) is 1. The van der Waals surface area contributed by atoms with Crippen LogP contribution in [0.15, 0.2) is 0 Å². The van der Waals surface area contributed by atoms with Crippen LogP contribution < -0.4 is 0 Å². The molecule has 18 heavy (non-hydrogen) atoms. The molecule has 0 spiro atoms. The van der Waals surface area contributed by atoms with E-state index in [0.29, 0.717) is 12.0 Å². The smallest absolute Gasteiger partial charge is 0.315 e. The molecule has 0 bridgehead atoms. The molecule has 2 saturated carbocycles. The van der Waals surface area contributed by atoms with Gasteiger partial charge in [-0.1, -0.05) is 19.3 Å². The molecule has 0 heterocycles. The van der Waals surface area contributed by atoms with Gasteiger partial charge in [-0.25, -0.2) is 0 Å². The van der Waals surface area contributed by atoms with Crippen molar-refractivity contribution in [2.45, 2.75) is 57.9 Å². The fourth-order valence-electron chi connectivity index (χ4n) is 2.81. The Labute approximate surface area is 108 Å². The van der Waals surface area contributed by atoms with Crippen LogP contribution in [0.5, 0.6) is 0 Å². The molecule has 2 fully saturated rings. The molecule has 0 aromatic heterocycles. The van der Waals surface area contributed by atoms with Gasteiger partial charge < -0.3 is 10.0 Å². The minimum Gasteiger partial charge on any atom is -0.481 e. The number of nitrogens with zero attached hydrogens (tertiary/aromatic N) is 1. The summed E-state index contributed by atoms with van der Waals surface area (Å²) in [5.41, 5.74) is 0. The Morgan fingerprint density at radius 3 is 2.28 bits per heavy atom. The first-order valence-electron chi connectivity index (χ1n) is 7.13. The summed E-state index contributed by atoms with van der Waals surface area (Å²) in [5, 5.41) is 8.96. The lowest BCUT2D eigenvalue weighted by molar-refractivity contribution is -0.151. The molecule has 102 valence electrons. The molecule has 0 aromatic carbocycles. The van der Waals surface area contributed by atoms with Crippen molar-refractivity contribution in [3.8, 4) is 0 Å². The van der Waals surface area contributed by atoms with Crippen LogP contribution >= 0.6 is 0 Å². The molecular formula is C14H23NO3. The summed E-state index contributed by atoms with van der Waals surface area (Å²) >= 11 is 0. The first-order chi connectivity index (χ1) is 8.59. The average molecular weight is 253 g/mol. The predicted molar refractivity (Wildman–Crippen MR) is 68.1 cm³/mol. The van der Waals surface area contributed by atoms with Crippen molar-refractivity contribution in [3.63, 3.8) is 0 Å². The summed E-state index contributed by atoms with van der Waals surface area (Å²) in [6.07, 6.45) is 8.29. The van der Waals surface area contributed by atoms with Crippen LogP contribution in [0.3, 0.4) is 0 Å². The monoisotopic (exact) mass is 253 g/mol. The summed E-state index contributed by atoms with van der Waals surface area (Å²) in [5.74, 6) is -1.50. The Bertz CT molecular complexity index is 319. The van der Waals surface area contributed by atoms with E-state index in [2.05, 4.69) is 0 Å². The van der Waals surface area contributed by atoms with Crippen molar-refractivity contribution in [2.24, 2.45) is 11.8 Å². The molecule has 0 saturated heterocycles. The van der Waals surface area contributed by atoms with E-state index in [-0.39, 0.29) is 5.91 Å².